The molecule has 1 N–H and O–H groups in total. The number of carbonyl (C=O) groups excluding carboxylic acids is 1. The Morgan fingerprint density at radius 2 is 2.06 bits per heavy atom. The Kier molecular flexibility index (Phi) is 3.39. The highest BCUT2D eigenvalue weighted by atomic mass is 19.1. The van der Waals surface area contributed by atoms with Crippen LogP contribution in [0.15, 0.2) is 24.3 Å². The lowest BCUT2D eigenvalue weighted by Gasteiger charge is -2.33. The number of benzene rings is 1. The summed E-state index contributed by atoms with van der Waals surface area (Å²) in [5.74, 6) is -0.328. The molecule has 1 aliphatic heterocycles. The van der Waals surface area contributed by atoms with Gasteiger partial charge in [0.05, 0.1) is 18.1 Å². The zero-order valence-electron chi connectivity index (χ0n) is 10.7. The Balaban J connectivity index is 2.07. The largest absolute Gasteiger partial charge is 0.391 e. The van der Waals surface area contributed by atoms with Gasteiger partial charge in [-0.1, -0.05) is 12.1 Å². The van der Waals surface area contributed by atoms with Gasteiger partial charge in [-0.05, 0) is 38.0 Å². The summed E-state index contributed by atoms with van der Waals surface area (Å²) in [5, 5.41) is 9.84. The van der Waals surface area contributed by atoms with Crippen molar-refractivity contribution in [3.63, 3.8) is 0 Å². The molecule has 1 fully saturated rings. The molecule has 1 unspecified atom stereocenters. The SMILES string of the molecule is CC1(C)C(O)CCN1C(=O)Cc1ccc(F)cc1. The normalized spacial score (nSPS) is 22.2. The van der Waals surface area contributed by atoms with Crippen molar-refractivity contribution in [2.45, 2.75) is 38.3 Å². The maximum atomic E-state index is 12.8. The van der Waals surface area contributed by atoms with Crippen molar-refractivity contribution in [3.05, 3.63) is 35.6 Å². The molecular formula is C14H18FNO2. The maximum absolute atomic E-state index is 12.8. The highest BCUT2D eigenvalue weighted by molar-refractivity contribution is 5.80. The zero-order valence-corrected chi connectivity index (χ0v) is 10.7. The fraction of sp³-hybridized carbons (Fsp3) is 0.500. The number of amides is 1. The standard InChI is InChI=1S/C14H18FNO2/c1-14(2)12(17)7-8-16(14)13(18)9-10-3-5-11(15)6-4-10/h3-6,12,17H,7-9H2,1-2H3. The number of aliphatic hydroxyl groups excluding tert-OH is 1. The fourth-order valence-corrected chi connectivity index (χ4v) is 2.39. The minimum Gasteiger partial charge on any atom is -0.391 e. The van der Waals surface area contributed by atoms with E-state index in [2.05, 4.69) is 0 Å². The van der Waals surface area contributed by atoms with Gasteiger partial charge in [-0.15, -0.1) is 0 Å². The summed E-state index contributed by atoms with van der Waals surface area (Å²) in [4.78, 5) is 13.9. The van der Waals surface area contributed by atoms with Crippen molar-refractivity contribution in [2.75, 3.05) is 6.54 Å². The molecule has 1 saturated heterocycles. The van der Waals surface area contributed by atoms with Crippen LogP contribution in [0.2, 0.25) is 0 Å². The predicted molar refractivity (Wildman–Crippen MR) is 66.5 cm³/mol. The van der Waals surface area contributed by atoms with Crippen LogP contribution >= 0.6 is 0 Å². The van der Waals surface area contributed by atoms with E-state index in [0.717, 1.165) is 5.56 Å². The van der Waals surface area contributed by atoms with E-state index >= 15 is 0 Å². The lowest BCUT2D eigenvalue weighted by atomic mass is 9.98. The molecule has 3 nitrogen and oxygen atoms in total. The summed E-state index contributed by atoms with van der Waals surface area (Å²) in [6.45, 7) is 4.31. The molecule has 0 aliphatic carbocycles. The second-order valence-corrected chi connectivity index (χ2v) is 5.31. The lowest BCUT2D eigenvalue weighted by Crippen LogP contribution is -2.48. The predicted octanol–water partition coefficient (Wildman–Crippen LogP) is 1.74. The Morgan fingerprint density at radius 1 is 1.44 bits per heavy atom. The van der Waals surface area contributed by atoms with Gasteiger partial charge in [-0.2, -0.15) is 0 Å². The molecule has 1 amide bonds. The second kappa shape index (κ2) is 4.69. The first-order chi connectivity index (χ1) is 8.41. The van der Waals surface area contributed by atoms with Gasteiger partial charge in [-0.3, -0.25) is 4.79 Å². The molecule has 2 rings (SSSR count). The summed E-state index contributed by atoms with van der Waals surface area (Å²) < 4.78 is 12.8. The number of halogens is 1. The smallest absolute Gasteiger partial charge is 0.227 e. The van der Waals surface area contributed by atoms with Crippen molar-refractivity contribution in [3.8, 4) is 0 Å². The molecular weight excluding hydrogens is 233 g/mol. The second-order valence-electron chi connectivity index (χ2n) is 5.31. The molecule has 18 heavy (non-hydrogen) atoms. The molecule has 1 aliphatic rings. The number of rotatable bonds is 2. The molecule has 98 valence electrons. The van der Waals surface area contributed by atoms with Crippen LogP contribution in [0.5, 0.6) is 0 Å². The van der Waals surface area contributed by atoms with Gasteiger partial charge < -0.3 is 10.0 Å². The monoisotopic (exact) mass is 251 g/mol. The van der Waals surface area contributed by atoms with Gasteiger partial charge in [-0.25, -0.2) is 4.39 Å². The van der Waals surface area contributed by atoms with Crippen molar-refractivity contribution in [1.29, 1.82) is 0 Å². The van der Waals surface area contributed by atoms with Crippen molar-refractivity contribution >= 4 is 5.91 Å². The van der Waals surface area contributed by atoms with Crippen LogP contribution in [0, 0.1) is 5.82 Å². The van der Waals surface area contributed by atoms with E-state index < -0.39 is 11.6 Å². The third kappa shape index (κ3) is 2.38. The summed E-state index contributed by atoms with van der Waals surface area (Å²) >= 11 is 0. The van der Waals surface area contributed by atoms with E-state index in [-0.39, 0.29) is 18.1 Å². The maximum Gasteiger partial charge on any atom is 0.227 e. The average Bonchev–Trinajstić information content (AvgIpc) is 2.57. The highest BCUT2D eigenvalue weighted by Gasteiger charge is 2.42. The summed E-state index contributed by atoms with van der Waals surface area (Å²) in [6.07, 6.45) is 0.383. The van der Waals surface area contributed by atoms with Crippen molar-refractivity contribution < 1.29 is 14.3 Å². The number of likely N-dealkylation sites (tertiary alicyclic amines) is 1. The number of nitrogens with zero attached hydrogens (tertiary/aromatic N) is 1. The van der Waals surface area contributed by atoms with Gasteiger partial charge in [0.25, 0.3) is 0 Å². The molecule has 0 aromatic heterocycles. The summed E-state index contributed by atoms with van der Waals surface area (Å²) in [6, 6.07) is 5.94. The fourth-order valence-electron chi connectivity index (χ4n) is 2.39. The van der Waals surface area contributed by atoms with E-state index in [0.29, 0.717) is 13.0 Å². The molecule has 0 spiro atoms. The first-order valence-corrected chi connectivity index (χ1v) is 6.14. The van der Waals surface area contributed by atoms with Crippen molar-refractivity contribution in [1.82, 2.24) is 4.90 Å². The van der Waals surface area contributed by atoms with Crippen LogP contribution in [0.1, 0.15) is 25.8 Å². The van der Waals surface area contributed by atoms with Crippen LogP contribution in [-0.2, 0) is 11.2 Å². The van der Waals surface area contributed by atoms with E-state index in [1.54, 1.807) is 17.0 Å². The lowest BCUT2D eigenvalue weighted by molar-refractivity contribution is -0.135. The molecule has 0 saturated carbocycles. The van der Waals surface area contributed by atoms with Gasteiger partial charge in [0.1, 0.15) is 5.82 Å². The number of hydrogen-bond donors (Lipinski definition) is 1. The minimum absolute atomic E-state index is 0.0249. The van der Waals surface area contributed by atoms with E-state index in [1.165, 1.54) is 12.1 Å². The minimum atomic E-state index is -0.517. The van der Waals surface area contributed by atoms with Gasteiger partial charge in [0.15, 0.2) is 0 Å². The molecule has 1 aromatic rings. The number of aliphatic hydroxyl groups is 1. The average molecular weight is 251 g/mol. The van der Waals surface area contributed by atoms with Crippen LogP contribution in [0.25, 0.3) is 0 Å². The topological polar surface area (TPSA) is 40.5 Å². The Bertz CT molecular complexity index is 442. The van der Waals surface area contributed by atoms with Crippen LogP contribution in [0.3, 0.4) is 0 Å². The van der Waals surface area contributed by atoms with Crippen LogP contribution in [-0.4, -0.2) is 34.1 Å². The summed E-state index contributed by atoms with van der Waals surface area (Å²) in [5.41, 5.74) is 0.274. The van der Waals surface area contributed by atoms with E-state index in [4.69, 9.17) is 0 Å². The number of hydrogen-bond acceptors (Lipinski definition) is 2. The molecule has 1 heterocycles. The molecule has 4 heteroatoms. The quantitative estimate of drug-likeness (QED) is 0.869. The summed E-state index contributed by atoms with van der Waals surface area (Å²) in [7, 11) is 0. The Hall–Kier alpha value is -1.42. The van der Waals surface area contributed by atoms with E-state index in [1.807, 2.05) is 13.8 Å². The Morgan fingerprint density at radius 3 is 2.56 bits per heavy atom. The molecule has 1 atom stereocenters. The van der Waals surface area contributed by atoms with Gasteiger partial charge in [0.2, 0.25) is 5.91 Å². The van der Waals surface area contributed by atoms with Gasteiger partial charge >= 0.3 is 0 Å². The molecule has 0 radical (unpaired) electrons. The Labute approximate surface area is 106 Å². The van der Waals surface area contributed by atoms with Crippen LogP contribution < -0.4 is 0 Å². The molecule has 1 aromatic carbocycles. The van der Waals surface area contributed by atoms with E-state index in [9.17, 15) is 14.3 Å². The number of carbonyl (C=O) groups is 1. The first-order valence-electron chi connectivity index (χ1n) is 6.14. The molecule has 0 bridgehead atoms. The van der Waals surface area contributed by atoms with Crippen LogP contribution in [0.4, 0.5) is 4.39 Å². The van der Waals surface area contributed by atoms with Crippen molar-refractivity contribution in [2.24, 2.45) is 0 Å². The van der Waals surface area contributed by atoms with Gasteiger partial charge in [0, 0.05) is 6.54 Å². The third-order valence-corrected chi connectivity index (χ3v) is 3.71. The highest BCUT2D eigenvalue weighted by Crippen LogP contribution is 2.29. The third-order valence-electron chi connectivity index (χ3n) is 3.71. The zero-order chi connectivity index (χ0) is 13.3. The first kappa shape index (κ1) is 13.0.